The number of ketones is 1. The third-order valence-corrected chi connectivity index (χ3v) is 4.22. The van der Waals surface area contributed by atoms with Crippen molar-refractivity contribution in [3.8, 4) is 11.3 Å². The van der Waals surface area contributed by atoms with Crippen molar-refractivity contribution in [1.82, 2.24) is 15.5 Å². The minimum Gasteiger partial charge on any atom is -0.482 e. The fraction of sp³-hybridized carbons (Fsp3) is 0.300. The molecule has 0 aliphatic carbocycles. The van der Waals surface area contributed by atoms with Gasteiger partial charge in [0.1, 0.15) is 11.6 Å². The van der Waals surface area contributed by atoms with Crippen LogP contribution in [0.3, 0.4) is 0 Å². The van der Waals surface area contributed by atoms with Crippen LogP contribution < -0.4 is 10.6 Å². The number of ether oxygens (including phenoxy) is 1. The number of rotatable bonds is 6. The van der Waals surface area contributed by atoms with Crippen LogP contribution in [-0.4, -0.2) is 51.2 Å². The molecule has 2 heterocycles. The molecule has 1 aromatic heterocycles. The number of aromatic amines is 1. The zero-order chi connectivity index (χ0) is 21.0. The average Bonchev–Trinajstić information content (AvgIpc) is 3.13. The summed E-state index contributed by atoms with van der Waals surface area (Å²) in [4.78, 5) is 36.6. The molecule has 1 aliphatic rings. The fourth-order valence-corrected chi connectivity index (χ4v) is 2.88. The lowest BCUT2D eigenvalue weighted by Crippen LogP contribution is -2.48. The summed E-state index contributed by atoms with van der Waals surface area (Å²) >= 11 is 0. The molecule has 9 nitrogen and oxygen atoms in total. The second-order valence-electron chi connectivity index (χ2n) is 7.24. The molecule has 1 aliphatic heterocycles. The number of anilines is 1. The van der Waals surface area contributed by atoms with Crippen LogP contribution in [0.1, 0.15) is 20.3 Å². The number of hydrogen-bond donors (Lipinski definition) is 4. The molecule has 3 rings (SSSR count). The molecule has 2 aromatic rings. The lowest BCUT2D eigenvalue weighted by atomic mass is 9.98. The Labute approximate surface area is 167 Å². The normalized spacial score (nSPS) is 16.4. The van der Waals surface area contributed by atoms with Crippen molar-refractivity contribution in [3.63, 3.8) is 0 Å². The summed E-state index contributed by atoms with van der Waals surface area (Å²) in [6.45, 7) is 2.73. The Kier molecular flexibility index (Phi) is 5.79. The number of amides is 2. The van der Waals surface area contributed by atoms with Crippen molar-refractivity contribution in [3.05, 3.63) is 48.2 Å². The summed E-state index contributed by atoms with van der Waals surface area (Å²) in [5.74, 6) is -1.61. The van der Waals surface area contributed by atoms with Crippen molar-refractivity contribution in [2.24, 2.45) is 0 Å². The van der Waals surface area contributed by atoms with Gasteiger partial charge in [-0.3, -0.25) is 19.5 Å². The molecule has 0 bridgehead atoms. The SMILES string of the molecule is CC1(C)CC(=O)C=C(C(=O)NC(CO)C(=O)Nc2cc(-c3ccccc3)[nH]n2)O1. The van der Waals surface area contributed by atoms with Crippen LogP contribution in [0.2, 0.25) is 0 Å². The molecule has 4 N–H and O–H groups in total. The van der Waals surface area contributed by atoms with E-state index in [4.69, 9.17) is 4.74 Å². The van der Waals surface area contributed by atoms with E-state index >= 15 is 0 Å². The quantitative estimate of drug-likeness (QED) is 0.577. The van der Waals surface area contributed by atoms with Gasteiger partial charge in [0, 0.05) is 18.6 Å². The lowest BCUT2D eigenvalue weighted by molar-refractivity contribution is -0.133. The molecule has 29 heavy (non-hydrogen) atoms. The first-order valence-electron chi connectivity index (χ1n) is 9.04. The Hall–Kier alpha value is -3.46. The van der Waals surface area contributed by atoms with Gasteiger partial charge in [0.25, 0.3) is 11.8 Å². The Morgan fingerprint density at radius 1 is 1.31 bits per heavy atom. The van der Waals surface area contributed by atoms with Crippen molar-refractivity contribution in [2.75, 3.05) is 11.9 Å². The van der Waals surface area contributed by atoms with E-state index in [1.54, 1.807) is 19.9 Å². The summed E-state index contributed by atoms with van der Waals surface area (Å²) in [5.41, 5.74) is 0.770. The zero-order valence-corrected chi connectivity index (χ0v) is 16.1. The summed E-state index contributed by atoms with van der Waals surface area (Å²) in [7, 11) is 0. The molecule has 1 aromatic carbocycles. The number of aromatic nitrogens is 2. The maximum absolute atomic E-state index is 12.4. The van der Waals surface area contributed by atoms with E-state index in [1.807, 2.05) is 30.3 Å². The molecule has 2 amide bonds. The number of aliphatic hydroxyl groups is 1. The number of benzene rings is 1. The molecule has 0 saturated carbocycles. The first-order valence-corrected chi connectivity index (χ1v) is 9.04. The fourth-order valence-electron chi connectivity index (χ4n) is 2.88. The van der Waals surface area contributed by atoms with Gasteiger partial charge < -0.3 is 20.5 Å². The van der Waals surface area contributed by atoms with Crippen LogP contribution in [0.4, 0.5) is 5.82 Å². The van der Waals surface area contributed by atoms with Crippen molar-refractivity contribution in [2.45, 2.75) is 31.9 Å². The van der Waals surface area contributed by atoms with E-state index in [-0.39, 0.29) is 23.8 Å². The van der Waals surface area contributed by atoms with Gasteiger partial charge in [-0.1, -0.05) is 30.3 Å². The Balaban J connectivity index is 1.64. The minimum atomic E-state index is -1.25. The van der Waals surface area contributed by atoms with Crippen LogP contribution in [0, 0.1) is 0 Å². The van der Waals surface area contributed by atoms with Crippen LogP contribution >= 0.6 is 0 Å². The highest BCUT2D eigenvalue weighted by atomic mass is 16.5. The molecule has 9 heteroatoms. The predicted octanol–water partition coefficient (Wildman–Crippen LogP) is 1.14. The van der Waals surface area contributed by atoms with Gasteiger partial charge in [0.2, 0.25) is 0 Å². The first-order chi connectivity index (χ1) is 13.8. The van der Waals surface area contributed by atoms with Gasteiger partial charge in [-0.15, -0.1) is 0 Å². The molecule has 1 unspecified atom stereocenters. The number of nitrogens with zero attached hydrogens (tertiary/aromatic N) is 1. The second-order valence-corrected chi connectivity index (χ2v) is 7.24. The first kappa shape index (κ1) is 20.3. The molecule has 1 atom stereocenters. The molecule has 0 spiro atoms. The molecule has 0 saturated heterocycles. The van der Waals surface area contributed by atoms with E-state index in [2.05, 4.69) is 20.8 Å². The lowest BCUT2D eigenvalue weighted by Gasteiger charge is -2.30. The molecule has 0 radical (unpaired) electrons. The Bertz CT molecular complexity index is 949. The zero-order valence-electron chi connectivity index (χ0n) is 16.1. The largest absolute Gasteiger partial charge is 0.482 e. The monoisotopic (exact) mass is 398 g/mol. The number of aliphatic hydroxyl groups excluding tert-OH is 1. The highest BCUT2D eigenvalue weighted by Crippen LogP contribution is 2.24. The maximum Gasteiger partial charge on any atom is 0.287 e. The minimum absolute atomic E-state index is 0.149. The smallest absolute Gasteiger partial charge is 0.287 e. The van der Waals surface area contributed by atoms with Gasteiger partial charge in [-0.05, 0) is 19.4 Å². The standard InChI is InChI=1S/C20H22N4O5/c1-20(2)10-13(26)8-16(29-20)19(28)21-15(11-25)18(27)22-17-9-14(23-24-17)12-6-4-3-5-7-12/h3-9,15,25H,10-11H2,1-2H3,(H,21,28)(H2,22,23,24,27). The van der Waals surface area contributed by atoms with Crippen LogP contribution in [-0.2, 0) is 19.1 Å². The van der Waals surface area contributed by atoms with Crippen LogP contribution in [0.5, 0.6) is 0 Å². The molecule has 0 fully saturated rings. The number of hydrogen-bond acceptors (Lipinski definition) is 6. The highest BCUT2D eigenvalue weighted by Gasteiger charge is 2.33. The van der Waals surface area contributed by atoms with Gasteiger partial charge in [-0.2, -0.15) is 5.10 Å². The van der Waals surface area contributed by atoms with E-state index in [9.17, 15) is 19.5 Å². The summed E-state index contributed by atoms with van der Waals surface area (Å²) in [6, 6.07) is 9.80. The third-order valence-electron chi connectivity index (χ3n) is 4.22. The topological polar surface area (TPSA) is 133 Å². The average molecular weight is 398 g/mol. The number of carbonyl (C=O) groups excluding carboxylic acids is 3. The van der Waals surface area contributed by atoms with Gasteiger partial charge in [0.15, 0.2) is 17.4 Å². The Morgan fingerprint density at radius 2 is 2.03 bits per heavy atom. The maximum atomic E-state index is 12.4. The third kappa shape index (κ3) is 5.08. The number of allylic oxidation sites excluding steroid dienone is 1. The van der Waals surface area contributed by atoms with E-state index < -0.39 is 30.1 Å². The van der Waals surface area contributed by atoms with Gasteiger partial charge >= 0.3 is 0 Å². The highest BCUT2D eigenvalue weighted by molar-refractivity contribution is 6.04. The predicted molar refractivity (Wildman–Crippen MR) is 105 cm³/mol. The molecular formula is C20H22N4O5. The van der Waals surface area contributed by atoms with Crippen molar-refractivity contribution < 1.29 is 24.2 Å². The number of carbonyl (C=O) groups is 3. The van der Waals surface area contributed by atoms with Crippen LogP contribution in [0.25, 0.3) is 11.3 Å². The van der Waals surface area contributed by atoms with E-state index in [1.165, 1.54) is 0 Å². The summed E-state index contributed by atoms with van der Waals surface area (Å²) in [6.07, 6.45) is 1.24. The van der Waals surface area contributed by atoms with Gasteiger partial charge in [0.05, 0.1) is 12.3 Å². The Morgan fingerprint density at radius 3 is 2.69 bits per heavy atom. The second kappa shape index (κ2) is 8.27. The van der Waals surface area contributed by atoms with Gasteiger partial charge in [-0.25, -0.2) is 0 Å². The number of H-pyrrole nitrogens is 1. The van der Waals surface area contributed by atoms with Crippen molar-refractivity contribution >= 4 is 23.4 Å². The van der Waals surface area contributed by atoms with E-state index in [0.29, 0.717) is 5.69 Å². The van der Waals surface area contributed by atoms with E-state index in [0.717, 1.165) is 11.6 Å². The molecular weight excluding hydrogens is 376 g/mol. The summed E-state index contributed by atoms with van der Waals surface area (Å²) in [5, 5.41) is 21.3. The van der Waals surface area contributed by atoms with Crippen molar-refractivity contribution in [1.29, 1.82) is 0 Å². The summed E-state index contributed by atoms with van der Waals surface area (Å²) < 4.78 is 5.50. The van der Waals surface area contributed by atoms with Crippen LogP contribution in [0.15, 0.2) is 48.2 Å². The molecule has 152 valence electrons. The number of nitrogens with one attached hydrogen (secondary N) is 3.